The van der Waals surface area contributed by atoms with Gasteiger partial charge in [0.25, 0.3) is 0 Å². The van der Waals surface area contributed by atoms with Crippen LogP contribution in [0.3, 0.4) is 0 Å². The molecular weight excluding hydrogens is 266 g/mol. The lowest BCUT2D eigenvalue weighted by Gasteiger charge is -2.49. The van der Waals surface area contributed by atoms with Gasteiger partial charge in [0.1, 0.15) is 0 Å². The molecule has 0 N–H and O–H groups in total. The maximum atomic E-state index is 4.47. The van der Waals surface area contributed by atoms with E-state index < -0.39 is 0 Å². The molecule has 0 radical (unpaired) electrons. The summed E-state index contributed by atoms with van der Waals surface area (Å²) in [4.78, 5) is 5.42. The lowest BCUT2D eigenvalue weighted by molar-refractivity contribution is 0.00633. The topological polar surface area (TPSA) is 9.72 Å². The molecule has 0 bridgehead atoms. The molecule has 2 rings (SSSR count). The van der Waals surface area contributed by atoms with Gasteiger partial charge in [-0.15, -0.1) is 0 Å². The van der Waals surface area contributed by atoms with E-state index in [1.54, 1.807) is 0 Å². The maximum absolute atomic E-state index is 4.47. The van der Waals surface area contributed by atoms with E-state index in [1.807, 2.05) is 0 Å². The minimum absolute atomic E-state index is 0.401. The predicted molar refractivity (Wildman–Crippen MR) is 90.2 cm³/mol. The van der Waals surface area contributed by atoms with Gasteiger partial charge in [0, 0.05) is 51.4 Å². The minimum atomic E-state index is 0.401. The molecule has 118 valence electrons. The lowest BCUT2D eigenvalue weighted by atomic mass is 9.85. The van der Waals surface area contributed by atoms with Crippen molar-refractivity contribution in [3.8, 4) is 0 Å². The number of nitrogens with zero attached hydrogens (tertiary/aromatic N) is 3. The quantitative estimate of drug-likeness (QED) is 0.786. The fourth-order valence-electron chi connectivity index (χ4n) is 3.78. The Balaban J connectivity index is 1.92. The number of piperidine rings is 1. The zero-order valence-electron chi connectivity index (χ0n) is 14.0. The Hall–Kier alpha value is 0.230. The van der Waals surface area contributed by atoms with E-state index in [4.69, 9.17) is 0 Å². The summed E-state index contributed by atoms with van der Waals surface area (Å²) in [5, 5.41) is 0. The molecule has 2 heterocycles. The van der Waals surface area contributed by atoms with Crippen LogP contribution >= 0.6 is 12.8 Å². The standard InChI is InChI=1S/C16H33N3S/c1-13-11-18(12-16(3,4)5)14(2)10-15(13)17-6-8-19(20)9-7-17/h13-15,20H,6-12H2,1-5H3/t13-,14+,15?/m0/s1. The van der Waals surface area contributed by atoms with E-state index in [2.05, 4.69) is 61.5 Å². The molecule has 4 heteroatoms. The van der Waals surface area contributed by atoms with Gasteiger partial charge in [0.05, 0.1) is 0 Å². The van der Waals surface area contributed by atoms with Crippen LogP contribution in [-0.2, 0) is 0 Å². The Morgan fingerprint density at radius 1 is 1.05 bits per heavy atom. The normalized spacial score (nSPS) is 35.4. The number of hydrogen-bond acceptors (Lipinski definition) is 4. The van der Waals surface area contributed by atoms with Crippen molar-refractivity contribution in [2.75, 3.05) is 39.3 Å². The average molecular weight is 300 g/mol. The van der Waals surface area contributed by atoms with Crippen LogP contribution in [0.5, 0.6) is 0 Å². The van der Waals surface area contributed by atoms with E-state index in [1.165, 1.54) is 32.6 Å². The SMILES string of the molecule is C[C@@H]1CC(N2CCN(S)CC2)[C@@H](C)CN1CC(C)(C)C. The summed E-state index contributed by atoms with van der Waals surface area (Å²) in [5.74, 6) is 0.778. The Labute approximate surface area is 131 Å². The number of likely N-dealkylation sites (tertiary alicyclic amines) is 1. The summed E-state index contributed by atoms with van der Waals surface area (Å²) < 4.78 is 2.15. The van der Waals surface area contributed by atoms with Crippen LogP contribution in [0.1, 0.15) is 41.0 Å². The van der Waals surface area contributed by atoms with Gasteiger partial charge in [-0.05, 0) is 24.7 Å². The molecule has 0 saturated carbocycles. The maximum Gasteiger partial charge on any atom is 0.0216 e. The molecule has 0 aromatic heterocycles. The molecule has 0 spiro atoms. The third-order valence-electron chi connectivity index (χ3n) is 4.82. The van der Waals surface area contributed by atoms with Crippen LogP contribution in [0.4, 0.5) is 0 Å². The molecule has 0 aromatic rings. The summed E-state index contributed by atoms with van der Waals surface area (Å²) in [5.41, 5.74) is 0.401. The monoisotopic (exact) mass is 299 g/mol. The average Bonchev–Trinajstić information content (AvgIpc) is 2.33. The summed E-state index contributed by atoms with van der Waals surface area (Å²) >= 11 is 4.47. The van der Waals surface area contributed by atoms with Crippen molar-refractivity contribution in [1.82, 2.24) is 14.1 Å². The molecule has 3 atom stereocenters. The highest BCUT2D eigenvalue weighted by Gasteiger charge is 2.36. The fourth-order valence-corrected chi connectivity index (χ4v) is 3.96. The first-order valence-corrected chi connectivity index (χ1v) is 8.58. The van der Waals surface area contributed by atoms with Crippen LogP contribution in [-0.4, -0.2) is 65.5 Å². The summed E-state index contributed by atoms with van der Waals surface area (Å²) in [6.45, 7) is 19.0. The van der Waals surface area contributed by atoms with Gasteiger partial charge in [-0.1, -0.05) is 40.5 Å². The first-order chi connectivity index (χ1) is 9.26. The fraction of sp³-hybridized carbons (Fsp3) is 1.00. The molecule has 0 aliphatic carbocycles. The zero-order valence-corrected chi connectivity index (χ0v) is 14.9. The Kier molecular flexibility index (Phi) is 5.44. The van der Waals surface area contributed by atoms with Crippen molar-refractivity contribution in [2.24, 2.45) is 11.3 Å². The Morgan fingerprint density at radius 2 is 1.65 bits per heavy atom. The number of thiol groups is 1. The van der Waals surface area contributed by atoms with Gasteiger partial charge in [-0.3, -0.25) is 14.1 Å². The highest BCUT2D eigenvalue weighted by atomic mass is 32.1. The van der Waals surface area contributed by atoms with E-state index in [9.17, 15) is 0 Å². The predicted octanol–water partition coefficient (Wildman–Crippen LogP) is 2.59. The van der Waals surface area contributed by atoms with Crippen LogP contribution in [0.15, 0.2) is 0 Å². The highest BCUT2D eigenvalue weighted by molar-refractivity contribution is 7.77. The lowest BCUT2D eigenvalue weighted by Crippen LogP contribution is -2.58. The van der Waals surface area contributed by atoms with Crippen molar-refractivity contribution in [3.63, 3.8) is 0 Å². The Morgan fingerprint density at radius 3 is 2.20 bits per heavy atom. The molecule has 1 unspecified atom stereocenters. The zero-order chi connectivity index (χ0) is 14.9. The van der Waals surface area contributed by atoms with Crippen molar-refractivity contribution < 1.29 is 0 Å². The second-order valence-electron chi connectivity index (χ2n) is 8.11. The summed E-state index contributed by atoms with van der Waals surface area (Å²) in [6, 6.07) is 1.48. The molecule has 0 aromatic carbocycles. The van der Waals surface area contributed by atoms with E-state index >= 15 is 0 Å². The van der Waals surface area contributed by atoms with Crippen molar-refractivity contribution >= 4 is 12.8 Å². The second kappa shape index (κ2) is 6.55. The van der Waals surface area contributed by atoms with Gasteiger partial charge in [-0.25, -0.2) is 0 Å². The third-order valence-corrected chi connectivity index (χ3v) is 5.22. The minimum Gasteiger partial charge on any atom is -0.300 e. The van der Waals surface area contributed by atoms with Gasteiger partial charge in [-0.2, -0.15) is 0 Å². The summed E-state index contributed by atoms with van der Waals surface area (Å²) in [6.07, 6.45) is 1.32. The first-order valence-electron chi connectivity index (χ1n) is 8.18. The van der Waals surface area contributed by atoms with Crippen molar-refractivity contribution in [1.29, 1.82) is 0 Å². The molecular formula is C16H33N3S. The smallest absolute Gasteiger partial charge is 0.0216 e. The highest BCUT2D eigenvalue weighted by Crippen LogP contribution is 2.29. The molecule has 2 aliphatic rings. The molecule has 0 amide bonds. The van der Waals surface area contributed by atoms with E-state index in [-0.39, 0.29) is 0 Å². The molecule has 3 nitrogen and oxygen atoms in total. The molecule has 2 fully saturated rings. The van der Waals surface area contributed by atoms with Gasteiger partial charge in [0.2, 0.25) is 0 Å². The van der Waals surface area contributed by atoms with Crippen molar-refractivity contribution in [2.45, 2.75) is 53.1 Å². The van der Waals surface area contributed by atoms with Crippen LogP contribution in [0.2, 0.25) is 0 Å². The molecule has 2 aliphatic heterocycles. The largest absolute Gasteiger partial charge is 0.300 e. The van der Waals surface area contributed by atoms with Crippen LogP contribution in [0.25, 0.3) is 0 Å². The van der Waals surface area contributed by atoms with Gasteiger partial charge >= 0.3 is 0 Å². The Bertz CT molecular complexity index is 307. The summed E-state index contributed by atoms with van der Waals surface area (Å²) in [7, 11) is 0. The third kappa shape index (κ3) is 4.36. The van der Waals surface area contributed by atoms with E-state index in [0.29, 0.717) is 11.5 Å². The number of piperazine rings is 1. The first kappa shape index (κ1) is 16.6. The van der Waals surface area contributed by atoms with Crippen LogP contribution < -0.4 is 0 Å². The van der Waals surface area contributed by atoms with E-state index in [0.717, 1.165) is 25.0 Å². The molecule has 2 saturated heterocycles. The second-order valence-corrected chi connectivity index (χ2v) is 8.67. The van der Waals surface area contributed by atoms with Crippen LogP contribution in [0, 0.1) is 11.3 Å². The number of hydrogen-bond donors (Lipinski definition) is 1. The van der Waals surface area contributed by atoms with Gasteiger partial charge < -0.3 is 0 Å². The molecule has 20 heavy (non-hydrogen) atoms. The van der Waals surface area contributed by atoms with Crippen molar-refractivity contribution in [3.05, 3.63) is 0 Å². The number of rotatable bonds is 2. The van der Waals surface area contributed by atoms with Gasteiger partial charge in [0.15, 0.2) is 0 Å².